The summed E-state index contributed by atoms with van der Waals surface area (Å²) < 4.78 is 10.9. The van der Waals surface area contributed by atoms with Gasteiger partial charge in [0, 0.05) is 31.1 Å². The molecule has 2 aliphatic rings. The summed E-state index contributed by atoms with van der Waals surface area (Å²) in [5, 5.41) is 4.32. The van der Waals surface area contributed by atoms with Crippen molar-refractivity contribution >= 4 is 35.8 Å². The highest BCUT2D eigenvalue weighted by atomic mass is 32.2. The minimum atomic E-state index is 0.431. The molecule has 0 atom stereocenters. The van der Waals surface area contributed by atoms with E-state index < -0.39 is 0 Å². The average molecular weight is 416 g/mol. The lowest BCUT2D eigenvalue weighted by atomic mass is 10.2. The van der Waals surface area contributed by atoms with Gasteiger partial charge in [-0.3, -0.25) is 0 Å². The molecule has 2 aliphatic heterocycles. The van der Waals surface area contributed by atoms with Crippen LogP contribution >= 0.6 is 11.8 Å². The SMILES string of the molecule is CSc1ccc(C=NNc2nc(N3CCOCC3)nc(N3CCOCC3)n2)cc1. The molecule has 0 unspecified atom stereocenters. The molecule has 2 fully saturated rings. The van der Waals surface area contributed by atoms with E-state index in [2.05, 4.69) is 48.7 Å². The van der Waals surface area contributed by atoms with Gasteiger partial charge < -0.3 is 19.3 Å². The Morgan fingerprint density at radius 1 is 0.897 bits per heavy atom. The number of hydrogen-bond donors (Lipinski definition) is 1. The molecule has 10 heteroatoms. The summed E-state index contributed by atoms with van der Waals surface area (Å²) in [5.41, 5.74) is 3.97. The second kappa shape index (κ2) is 9.86. The number of nitrogens with zero attached hydrogens (tertiary/aromatic N) is 6. The third-order valence-corrected chi connectivity index (χ3v) is 5.44. The van der Waals surface area contributed by atoms with Crippen LogP contribution in [0.15, 0.2) is 34.3 Å². The quantitative estimate of drug-likeness (QED) is 0.430. The van der Waals surface area contributed by atoms with Crippen molar-refractivity contribution in [2.24, 2.45) is 5.10 Å². The van der Waals surface area contributed by atoms with E-state index in [-0.39, 0.29) is 0 Å². The van der Waals surface area contributed by atoms with Gasteiger partial charge in [0.1, 0.15) is 0 Å². The summed E-state index contributed by atoms with van der Waals surface area (Å²) in [6.45, 7) is 5.73. The molecule has 0 amide bonds. The number of ether oxygens (including phenoxy) is 2. The lowest BCUT2D eigenvalue weighted by Crippen LogP contribution is -2.40. The Bertz CT molecular complexity index is 786. The zero-order valence-electron chi connectivity index (χ0n) is 16.5. The van der Waals surface area contributed by atoms with E-state index >= 15 is 0 Å². The first kappa shape index (κ1) is 19.9. The van der Waals surface area contributed by atoms with Gasteiger partial charge in [0.05, 0.1) is 32.6 Å². The van der Waals surface area contributed by atoms with Crippen LogP contribution in [0.1, 0.15) is 5.56 Å². The monoisotopic (exact) mass is 415 g/mol. The Hall–Kier alpha value is -2.43. The first-order chi connectivity index (χ1) is 14.3. The van der Waals surface area contributed by atoms with Crippen molar-refractivity contribution in [2.45, 2.75) is 4.90 Å². The van der Waals surface area contributed by atoms with E-state index in [0.717, 1.165) is 31.7 Å². The van der Waals surface area contributed by atoms with E-state index in [1.165, 1.54) is 4.90 Å². The standard InChI is InChI=1S/C19H25N7O2S/c1-29-16-4-2-15(3-5-16)14-20-24-17-21-18(25-6-10-27-11-7-25)23-19(22-17)26-8-12-28-13-9-26/h2-5,14H,6-13H2,1H3,(H,21,22,23,24). The van der Waals surface area contributed by atoms with Gasteiger partial charge in [-0.15, -0.1) is 11.8 Å². The van der Waals surface area contributed by atoms with Crippen molar-refractivity contribution in [3.8, 4) is 0 Å². The number of morpholine rings is 2. The zero-order valence-corrected chi connectivity index (χ0v) is 17.3. The van der Waals surface area contributed by atoms with Crippen LogP contribution in [0.3, 0.4) is 0 Å². The van der Waals surface area contributed by atoms with Crippen molar-refractivity contribution in [2.75, 3.05) is 74.1 Å². The first-order valence-electron chi connectivity index (χ1n) is 9.66. The number of aromatic nitrogens is 3. The fourth-order valence-corrected chi connectivity index (χ4v) is 3.48. The van der Waals surface area contributed by atoms with E-state index in [0.29, 0.717) is 44.3 Å². The maximum Gasteiger partial charge on any atom is 0.250 e. The molecule has 1 aromatic carbocycles. The number of hydrazone groups is 1. The Labute approximate surface area is 174 Å². The molecule has 0 spiro atoms. The van der Waals surface area contributed by atoms with Gasteiger partial charge in [-0.25, -0.2) is 5.43 Å². The normalized spacial score (nSPS) is 17.7. The maximum absolute atomic E-state index is 5.45. The molecular weight excluding hydrogens is 390 g/mol. The predicted octanol–water partition coefficient (Wildman–Crippen LogP) is 1.71. The number of anilines is 3. The fraction of sp³-hybridized carbons (Fsp3) is 0.474. The number of rotatable bonds is 6. The minimum absolute atomic E-state index is 0.431. The van der Waals surface area contributed by atoms with Gasteiger partial charge >= 0.3 is 0 Å². The highest BCUT2D eigenvalue weighted by Gasteiger charge is 2.20. The van der Waals surface area contributed by atoms with Crippen molar-refractivity contribution < 1.29 is 9.47 Å². The van der Waals surface area contributed by atoms with Crippen LogP contribution in [0.25, 0.3) is 0 Å². The summed E-state index contributed by atoms with van der Waals surface area (Å²) in [7, 11) is 0. The lowest BCUT2D eigenvalue weighted by molar-refractivity contribution is 0.121. The van der Waals surface area contributed by atoms with Crippen molar-refractivity contribution in [1.29, 1.82) is 0 Å². The summed E-state index contributed by atoms with van der Waals surface area (Å²) in [6, 6.07) is 8.20. The molecule has 1 aromatic heterocycles. The highest BCUT2D eigenvalue weighted by molar-refractivity contribution is 7.98. The molecule has 29 heavy (non-hydrogen) atoms. The summed E-state index contributed by atoms with van der Waals surface area (Å²) >= 11 is 1.71. The van der Waals surface area contributed by atoms with Crippen molar-refractivity contribution in [1.82, 2.24) is 15.0 Å². The van der Waals surface area contributed by atoms with Gasteiger partial charge in [-0.1, -0.05) is 12.1 Å². The van der Waals surface area contributed by atoms with Crippen molar-refractivity contribution in [3.05, 3.63) is 29.8 Å². The third-order valence-electron chi connectivity index (χ3n) is 4.69. The topological polar surface area (TPSA) is 88.0 Å². The summed E-state index contributed by atoms with van der Waals surface area (Å²) in [6.07, 6.45) is 3.82. The number of hydrogen-bond acceptors (Lipinski definition) is 10. The molecular formula is C19H25N7O2S. The van der Waals surface area contributed by atoms with Gasteiger partial charge in [0.25, 0.3) is 0 Å². The van der Waals surface area contributed by atoms with Gasteiger partial charge in [0.15, 0.2) is 0 Å². The first-order valence-corrected chi connectivity index (χ1v) is 10.9. The van der Waals surface area contributed by atoms with Crippen molar-refractivity contribution in [3.63, 3.8) is 0 Å². The largest absolute Gasteiger partial charge is 0.378 e. The molecule has 2 aromatic rings. The zero-order chi connectivity index (χ0) is 19.9. The van der Waals surface area contributed by atoms with Crippen LogP contribution in [-0.2, 0) is 9.47 Å². The molecule has 0 radical (unpaired) electrons. The van der Waals surface area contributed by atoms with E-state index in [4.69, 9.17) is 14.5 Å². The van der Waals surface area contributed by atoms with Crippen LogP contribution < -0.4 is 15.2 Å². The molecule has 4 rings (SSSR count). The molecule has 9 nitrogen and oxygen atoms in total. The molecule has 0 aliphatic carbocycles. The minimum Gasteiger partial charge on any atom is -0.378 e. The lowest BCUT2D eigenvalue weighted by Gasteiger charge is -2.30. The predicted molar refractivity (Wildman–Crippen MR) is 115 cm³/mol. The summed E-state index contributed by atoms with van der Waals surface area (Å²) in [5.74, 6) is 1.72. The molecule has 2 saturated heterocycles. The van der Waals surface area contributed by atoms with Crippen LogP contribution in [0.4, 0.5) is 17.8 Å². The smallest absolute Gasteiger partial charge is 0.250 e. The molecule has 0 bridgehead atoms. The molecule has 1 N–H and O–H groups in total. The van der Waals surface area contributed by atoms with Gasteiger partial charge in [0.2, 0.25) is 17.8 Å². The summed E-state index contributed by atoms with van der Waals surface area (Å²) in [4.78, 5) is 19.3. The fourth-order valence-electron chi connectivity index (χ4n) is 3.07. The Kier molecular flexibility index (Phi) is 6.75. The average Bonchev–Trinajstić information content (AvgIpc) is 2.80. The van der Waals surface area contributed by atoms with Gasteiger partial charge in [-0.05, 0) is 24.0 Å². The number of thioether (sulfide) groups is 1. The maximum atomic E-state index is 5.45. The van der Waals surface area contributed by atoms with Crippen LogP contribution in [0, 0.1) is 0 Å². The molecule has 3 heterocycles. The molecule has 0 saturated carbocycles. The highest BCUT2D eigenvalue weighted by Crippen LogP contribution is 2.19. The van der Waals surface area contributed by atoms with E-state index in [1.54, 1.807) is 18.0 Å². The Morgan fingerprint density at radius 3 is 1.97 bits per heavy atom. The van der Waals surface area contributed by atoms with Crippen LogP contribution in [0.5, 0.6) is 0 Å². The Morgan fingerprint density at radius 2 is 1.45 bits per heavy atom. The van der Waals surface area contributed by atoms with E-state index in [1.807, 2.05) is 12.1 Å². The second-order valence-electron chi connectivity index (χ2n) is 6.60. The van der Waals surface area contributed by atoms with Gasteiger partial charge in [-0.2, -0.15) is 20.1 Å². The van der Waals surface area contributed by atoms with Crippen LogP contribution in [0.2, 0.25) is 0 Å². The Balaban J connectivity index is 1.52. The van der Waals surface area contributed by atoms with E-state index in [9.17, 15) is 0 Å². The molecule has 154 valence electrons. The third kappa shape index (κ3) is 5.34. The number of benzene rings is 1. The van der Waals surface area contributed by atoms with Crippen LogP contribution in [-0.4, -0.2) is 80.0 Å². The number of nitrogens with one attached hydrogen (secondary N) is 1. The second-order valence-corrected chi connectivity index (χ2v) is 7.48.